The third-order valence-corrected chi connectivity index (χ3v) is 8.63. The van der Waals surface area contributed by atoms with E-state index in [4.69, 9.17) is 10.5 Å². The number of carbonyl (C=O) groups is 4. The Bertz CT molecular complexity index is 1630. The van der Waals surface area contributed by atoms with Gasteiger partial charge in [-0.05, 0) is 67.7 Å². The van der Waals surface area contributed by atoms with Crippen LogP contribution >= 0.6 is 0 Å². The first-order valence-corrected chi connectivity index (χ1v) is 13.7. The number of rotatable bonds is 7. The lowest BCUT2D eigenvalue weighted by Gasteiger charge is -2.50. The van der Waals surface area contributed by atoms with Crippen molar-refractivity contribution >= 4 is 29.1 Å². The van der Waals surface area contributed by atoms with Crippen LogP contribution < -0.4 is 11.1 Å². The highest BCUT2D eigenvalue weighted by Gasteiger charge is 2.64. The number of amides is 2. The molecule has 3 aliphatic carbocycles. The molecule has 12 nitrogen and oxygen atoms in total. The number of likely N-dealkylation sites (N-methyl/N-ethyl adjacent to an activating group) is 1. The minimum Gasteiger partial charge on any atom is -0.508 e. The number of phenols is 1. The number of nitrogens with two attached hydrogens (primary N) is 1. The average molecular weight is 592 g/mol. The zero-order valence-corrected chi connectivity index (χ0v) is 23.9. The summed E-state index contributed by atoms with van der Waals surface area (Å²) in [6, 6.07) is 8.63. The number of benzene rings is 2. The molecule has 43 heavy (non-hydrogen) atoms. The lowest BCUT2D eigenvalue weighted by Crippen LogP contribution is -2.65. The number of nitrogens with zero attached hydrogens (tertiary/aromatic N) is 1. The minimum atomic E-state index is -2.71. The molecule has 3 aliphatic rings. The number of phenolic OH excluding ortho intramolecular Hbond substituents is 1. The van der Waals surface area contributed by atoms with Gasteiger partial charge in [-0.3, -0.25) is 24.1 Å². The molecule has 0 unspecified atom stereocenters. The molecule has 1 saturated carbocycles. The third kappa shape index (κ3) is 4.58. The van der Waals surface area contributed by atoms with E-state index in [-0.39, 0.29) is 35.6 Å². The van der Waals surface area contributed by atoms with Crippen LogP contribution in [0.3, 0.4) is 0 Å². The van der Waals surface area contributed by atoms with E-state index in [1.807, 2.05) is 0 Å². The summed E-state index contributed by atoms with van der Waals surface area (Å²) in [6.45, 7) is 0.666. The Hall–Kier alpha value is -4.52. The van der Waals surface area contributed by atoms with E-state index < -0.39 is 58.0 Å². The number of ether oxygens (including phenoxy) is 1. The van der Waals surface area contributed by atoms with Gasteiger partial charge in [0, 0.05) is 30.7 Å². The molecular weight excluding hydrogens is 558 g/mol. The summed E-state index contributed by atoms with van der Waals surface area (Å²) in [6.07, 6.45) is 0.103. The summed E-state index contributed by atoms with van der Waals surface area (Å²) >= 11 is 0. The maximum Gasteiger partial charge on any atom is 0.255 e. The van der Waals surface area contributed by atoms with Crippen LogP contribution in [0.25, 0.3) is 16.9 Å². The Morgan fingerprint density at radius 1 is 1.14 bits per heavy atom. The number of aliphatic hydroxyl groups is 3. The van der Waals surface area contributed by atoms with Crippen molar-refractivity contribution in [2.45, 2.75) is 24.5 Å². The van der Waals surface area contributed by atoms with Crippen molar-refractivity contribution in [3.8, 4) is 16.9 Å². The second-order valence-corrected chi connectivity index (χ2v) is 11.3. The summed E-state index contributed by atoms with van der Waals surface area (Å²) in [5.41, 5.74) is 3.65. The first-order valence-electron chi connectivity index (χ1n) is 13.7. The fourth-order valence-corrected chi connectivity index (χ4v) is 6.71. The second-order valence-electron chi connectivity index (χ2n) is 11.3. The van der Waals surface area contributed by atoms with Crippen molar-refractivity contribution in [1.29, 1.82) is 0 Å². The van der Waals surface area contributed by atoms with Gasteiger partial charge in [0.15, 0.2) is 11.4 Å². The van der Waals surface area contributed by atoms with Crippen LogP contribution in [0.4, 0.5) is 0 Å². The van der Waals surface area contributed by atoms with Crippen LogP contribution in [0.1, 0.15) is 27.9 Å². The molecule has 2 aromatic rings. The third-order valence-electron chi connectivity index (χ3n) is 8.63. The van der Waals surface area contributed by atoms with E-state index in [1.165, 1.54) is 18.1 Å². The smallest absolute Gasteiger partial charge is 0.255 e. The van der Waals surface area contributed by atoms with Crippen LogP contribution in [-0.2, 0) is 25.5 Å². The van der Waals surface area contributed by atoms with E-state index >= 15 is 0 Å². The van der Waals surface area contributed by atoms with Crippen molar-refractivity contribution in [1.82, 2.24) is 10.2 Å². The standard InChI is InChI=1S/C31H33N3O9/c1-34(2)24-19-13-16-12-18-17(14-5-4-6-15(11-14)30(41)33-9-10-43-3)7-8-20(35)22(18)25(36)21(16)27(38)31(19,42)28(39)23(26(24)37)29(32)40/h4-8,11,16,19,24,35-36,39,42H,9-10,12-13H2,1-3H3,(H2,32,40)(H,33,41)/t16-,19-,24-,31-/m0/s1. The number of methoxy groups -OCH3 is 1. The second kappa shape index (κ2) is 11.0. The number of hydrogen-bond acceptors (Lipinski definition) is 10. The molecule has 0 bridgehead atoms. The predicted molar refractivity (Wildman–Crippen MR) is 154 cm³/mol. The number of carbonyl (C=O) groups excluding carboxylic acids is 4. The summed E-state index contributed by atoms with van der Waals surface area (Å²) in [5.74, 6) is -7.42. The van der Waals surface area contributed by atoms with Gasteiger partial charge in [0.1, 0.15) is 22.8 Å². The summed E-state index contributed by atoms with van der Waals surface area (Å²) in [4.78, 5) is 53.6. The number of hydrogen-bond donors (Lipinski definition) is 6. The molecule has 0 aromatic heterocycles. The molecule has 2 aromatic carbocycles. The highest BCUT2D eigenvalue weighted by Crippen LogP contribution is 2.53. The Morgan fingerprint density at radius 2 is 1.86 bits per heavy atom. The molecule has 1 fully saturated rings. The molecule has 0 aliphatic heterocycles. The van der Waals surface area contributed by atoms with Crippen LogP contribution in [0.15, 0.2) is 53.3 Å². The van der Waals surface area contributed by atoms with Crippen LogP contribution in [0.5, 0.6) is 5.75 Å². The van der Waals surface area contributed by atoms with E-state index in [2.05, 4.69) is 5.32 Å². The number of aliphatic hydroxyl groups excluding tert-OH is 2. The molecule has 0 radical (unpaired) electrons. The van der Waals surface area contributed by atoms with Crippen LogP contribution in [0, 0.1) is 11.8 Å². The molecule has 0 spiro atoms. The van der Waals surface area contributed by atoms with Gasteiger partial charge in [-0.15, -0.1) is 0 Å². The summed E-state index contributed by atoms with van der Waals surface area (Å²) in [7, 11) is 4.62. The van der Waals surface area contributed by atoms with E-state index in [9.17, 15) is 39.6 Å². The van der Waals surface area contributed by atoms with Gasteiger partial charge in [-0.2, -0.15) is 0 Å². The van der Waals surface area contributed by atoms with Crippen LogP contribution in [-0.4, -0.2) is 94.7 Å². The molecule has 5 rings (SSSR count). The number of primary amides is 1. The van der Waals surface area contributed by atoms with E-state index in [0.717, 1.165) is 0 Å². The van der Waals surface area contributed by atoms with Gasteiger partial charge < -0.3 is 36.2 Å². The lowest BCUT2D eigenvalue weighted by atomic mass is 9.57. The largest absolute Gasteiger partial charge is 0.508 e. The fourth-order valence-electron chi connectivity index (χ4n) is 6.71. The Labute approximate surface area is 247 Å². The maximum atomic E-state index is 14.0. The van der Waals surface area contributed by atoms with Crippen molar-refractivity contribution in [3.63, 3.8) is 0 Å². The highest BCUT2D eigenvalue weighted by atomic mass is 16.5. The monoisotopic (exact) mass is 591 g/mol. The molecule has 0 saturated heterocycles. The van der Waals surface area contributed by atoms with Gasteiger partial charge in [0.2, 0.25) is 5.78 Å². The van der Waals surface area contributed by atoms with E-state index in [1.54, 1.807) is 44.4 Å². The zero-order valence-electron chi connectivity index (χ0n) is 23.9. The molecule has 226 valence electrons. The summed E-state index contributed by atoms with van der Waals surface area (Å²) < 4.78 is 4.98. The number of Topliss-reactive ketones (excluding diaryl/α,β-unsaturated/α-hetero) is 2. The van der Waals surface area contributed by atoms with Gasteiger partial charge in [0.05, 0.1) is 18.2 Å². The summed E-state index contributed by atoms with van der Waals surface area (Å²) in [5, 5.41) is 47.8. The quantitative estimate of drug-likeness (QED) is 0.199. The van der Waals surface area contributed by atoms with Crippen LogP contribution in [0.2, 0.25) is 0 Å². The molecule has 4 atom stereocenters. The maximum absolute atomic E-state index is 14.0. The highest BCUT2D eigenvalue weighted by molar-refractivity contribution is 6.24. The predicted octanol–water partition coefficient (Wildman–Crippen LogP) is 1.01. The van der Waals surface area contributed by atoms with E-state index in [0.29, 0.717) is 35.4 Å². The van der Waals surface area contributed by atoms with Gasteiger partial charge in [-0.1, -0.05) is 18.2 Å². The van der Waals surface area contributed by atoms with Crippen molar-refractivity contribution in [2.24, 2.45) is 17.6 Å². The van der Waals surface area contributed by atoms with Gasteiger partial charge in [-0.25, -0.2) is 0 Å². The SMILES string of the molecule is COCCNC(=O)c1cccc(-c2ccc(O)c3c2C[C@H]2C[C@H]4[C@H](N(C)C)C(=O)C(C(N)=O)=C(O)[C@@]4(O)C(=O)C2=C3O)c1. The zero-order chi connectivity index (χ0) is 31.4. The first kappa shape index (κ1) is 30.0. The Kier molecular flexibility index (Phi) is 7.63. The average Bonchev–Trinajstić information content (AvgIpc) is 2.95. The minimum absolute atomic E-state index is 0.0243. The normalized spacial score (nSPS) is 24.9. The van der Waals surface area contributed by atoms with Crippen molar-refractivity contribution in [3.05, 3.63) is 70.0 Å². The molecule has 2 amide bonds. The first-order chi connectivity index (χ1) is 20.3. The molecule has 0 heterocycles. The Morgan fingerprint density at radius 3 is 2.51 bits per heavy atom. The number of fused-ring (bicyclic) bond motifs is 3. The Balaban J connectivity index is 1.64. The lowest BCUT2D eigenvalue weighted by molar-refractivity contribution is -0.153. The molecule has 7 N–H and O–H groups in total. The number of ketones is 2. The molecule has 12 heteroatoms. The van der Waals surface area contributed by atoms with Gasteiger partial charge in [0.25, 0.3) is 11.8 Å². The topological polar surface area (TPSA) is 200 Å². The van der Waals surface area contributed by atoms with Gasteiger partial charge >= 0.3 is 0 Å². The number of aromatic hydroxyl groups is 1. The van der Waals surface area contributed by atoms with Crippen molar-refractivity contribution < 1.29 is 44.3 Å². The van der Waals surface area contributed by atoms with Crippen molar-refractivity contribution in [2.75, 3.05) is 34.4 Å². The fraction of sp³-hybridized carbons (Fsp3) is 0.355. The number of nitrogens with one attached hydrogen (secondary N) is 1. The molecular formula is C31H33N3O9.